The quantitative estimate of drug-likeness (QED) is 0.560. The summed E-state index contributed by atoms with van der Waals surface area (Å²) in [7, 11) is 0. The second-order valence-corrected chi connectivity index (χ2v) is 8.42. The van der Waals surface area contributed by atoms with Gasteiger partial charge in [0, 0.05) is 6.04 Å². The Labute approximate surface area is 178 Å². The van der Waals surface area contributed by atoms with Crippen LogP contribution in [0.5, 0.6) is 0 Å². The molecule has 3 atom stereocenters. The van der Waals surface area contributed by atoms with Crippen molar-refractivity contribution in [2.24, 2.45) is 11.8 Å². The number of fused-ring (bicyclic) bond motifs is 1. The fourth-order valence-corrected chi connectivity index (χ4v) is 4.11. The highest BCUT2D eigenvalue weighted by Crippen LogP contribution is 2.31. The fourth-order valence-electron chi connectivity index (χ4n) is 3.78. The van der Waals surface area contributed by atoms with Gasteiger partial charge in [0.2, 0.25) is 0 Å². The van der Waals surface area contributed by atoms with Gasteiger partial charge in [-0.25, -0.2) is 0 Å². The van der Waals surface area contributed by atoms with Crippen molar-refractivity contribution < 1.29 is 23.9 Å². The lowest BCUT2D eigenvalue weighted by molar-refractivity contribution is -0.149. The third-order valence-electron chi connectivity index (χ3n) is 5.72. The van der Waals surface area contributed by atoms with Crippen LogP contribution < -0.4 is 5.32 Å². The molecule has 1 aliphatic carbocycles. The molecule has 7 nitrogen and oxygen atoms in total. The van der Waals surface area contributed by atoms with Crippen LogP contribution in [0.1, 0.15) is 53.8 Å². The van der Waals surface area contributed by atoms with E-state index < -0.39 is 36.8 Å². The van der Waals surface area contributed by atoms with Crippen LogP contribution in [-0.4, -0.2) is 47.8 Å². The second kappa shape index (κ2) is 8.71. The zero-order valence-corrected chi connectivity index (χ0v) is 17.7. The van der Waals surface area contributed by atoms with Gasteiger partial charge in [0.15, 0.2) is 6.61 Å². The van der Waals surface area contributed by atoms with Gasteiger partial charge < -0.3 is 10.1 Å². The first-order valence-electron chi connectivity index (χ1n) is 9.49. The van der Waals surface area contributed by atoms with Crippen molar-refractivity contribution in [2.45, 2.75) is 39.2 Å². The van der Waals surface area contributed by atoms with Crippen LogP contribution in [0.4, 0.5) is 0 Å². The minimum absolute atomic E-state index is 0.0516. The molecule has 0 radical (unpaired) electrons. The summed E-state index contributed by atoms with van der Waals surface area (Å²) < 4.78 is 4.96. The first kappa shape index (κ1) is 21.6. The number of nitrogens with zero attached hydrogens (tertiary/aromatic N) is 1. The Morgan fingerprint density at radius 3 is 2.28 bits per heavy atom. The van der Waals surface area contributed by atoms with Crippen LogP contribution in [0.25, 0.3) is 0 Å². The second-order valence-electron chi connectivity index (χ2n) is 7.61. The minimum Gasteiger partial charge on any atom is -0.454 e. The Hall–Kier alpha value is -2.12. The van der Waals surface area contributed by atoms with Gasteiger partial charge in [-0.15, -0.1) is 0 Å². The number of imide groups is 1. The molecular weight excluding hydrogens is 419 g/mol. The van der Waals surface area contributed by atoms with Crippen molar-refractivity contribution in [1.29, 1.82) is 0 Å². The molecule has 3 amide bonds. The van der Waals surface area contributed by atoms with Crippen molar-refractivity contribution in [2.75, 3.05) is 13.2 Å². The molecule has 1 aromatic carbocycles. The van der Waals surface area contributed by atoms with E-state index in [1.54, 1.807) is 0 Å². The first-order valence-corrected chi connectivity index (χ1v) is 10.2. The van der Waals surface area contributed by atoms with Gasteiger partial charge in [-0.2, -0.15) is 0 Å². The first-order chi connectivity index (χ1) is 13.7. The monoisotopic (exact) mass is 440 g/mol. The smallest absolute Gasteiger partial charge is 0.326 e. The molecule has 0 bridgehead atoms. The number of halogens is 2. The predicted molar refractivity (Wildman–Crippen MR) is 107 cm³/mol. The number of nitrogens with one attached hydrogen (secondary N) is 1. The van der Waals surface area contributed by atoms with Crippen molar-refractivity contribution in [3.63, 3.8) is 0 Å². The molecule has 1 heterocycles. The molecule has 29 heavy (non-hydrogen) atoms. The van der Waals surface area contributed by atoms with Crippen LogP contribution in [-0.2, 0) is 14.3 Å². The van der Waals surface area contributed by atoms with E-state index in [0.29, 0.717) is 11.8 Å². The number of hydrogen-bond donors (Lipinski definition) is 1. The van der Waals surface area contributed by atoms with E-state index in [-0.39, 0.29) is 27.2 Å². The molecule has 1 saturated carbocycles. The van der Waals surface area contributed by atoms with Gasteiger partial charge in [0.25, 0.3) is 17.7 Å². The number of carbonyl (C=O) groups is 4. The summed E-state index contributed by atoms with van der Waals surface area (Å²) in [5.74, 6) is -1.69. The largest absolute Gasteiger partial charge is 0.454 e. The lowest BCUT2D eigenvalue weighted by Crippen LogP contribution is -2.45. The highest BCUT2D eigenvalue weighted by atomic mass is 35.5. The number of benzene rings is 1. The van der Waals surface area contributed by atoms with E-state index >= 15 is 0 Å². The molecule has 2 aliphatic rings. The summed E-state index contributed by atoms with van der Waals surface area (Å²) in [5.41, 5.74) is 0.158. The van der Waals surface area contributed by atoms with Crippen molar-refractivity contribution in [1.82, 2.24) is 10.2 Å². The molecule has 1 fully saturated rings. The van der Waals surface area contributed by atoms with Crippen LogP contribution in [0.2, 0.25) is 10.0 Å². The maximum absolute atomic E-state index is 12.4. The highest BCUT2D eigenvalue weighted by Gasteiger charge is 2.38. The van der Waals surface area contributed by atoms with Crippen molar-refractivity contribution in [3.8, 4) is 0 Å². The average molecular weight is 441 g/mol. The summed E-state index contributed by atoms with van der Waals surface area (Å²) in [6, 6.07) is 2.64. The van der Waals surface area contributed by atoms with Gasteiger partial charge in [-0.1, -0.05) is 49.9 Å². The lowest BCUT2D eigenvalue weighted by Gasteiger charge is -2.34. The van der Waals surface area contributed by atoms with Gasteiger partial charge in [0.05, 0.1) is 21.2 Å². The van der Waals surface area contributed by atoms with Gasteiger partial charge in [-0.05, 0) is 30.4 Å². The summed E-state index contributed by atoms with van der Waals surface area (Å²) >= 11 is 11.8. The molecule has 156 valence electrons. The Morgan fingerprint density at radius 2 is 1.69 bits per heavy atom. The Morgan fingerprint density at radius 1 is 1.10 bits per heavy atom. The van der Waals surface area contributed by atoms with Gasteiger partial charge in [0.1, 0.15) is 6.54 Å². The van der Waals surface area contributed by atoms with Crippen LogP contribution >= 0.6 is 23.2 Å². The molecule has 0 saturated heterocycles. The number of hydrogen-bond acceptors (Lipinski definition) is 5. The number of ether oxygens (including phenoxy) is 1. The van der Waals surface area contributed by atoms with E-state index in [9.17, 15) is 19.2 Å². The topological polar surface area (TPSA) is 92.8 Å². The van der Waals surface area contributed by atoms with Crippen molar-refractivity contribution in [3.05, 3.63) is 33.3 Å². The molecule has 1 aromatic rings. The zero-order chi connectivity index (χ0) is 21.3. The lowest BCUT2D eigenvalue weighted by atomic mass is 9.78. The third kappa shape index (κ3) is 4.56. The van der Waals surface area contributed by atoms with E-state index in [2.05, 4.69) is 19.2 Å². The third-order valence-corrected chi connectivity index (χ3v) is 6.44. The number of rotatable bonds is 5. The Bertz CT molecular complexity index is 832. The number of amides is 3. The van der Waals surface area contributed by atoms with E-state index in [0.717, 1.165) is 24.2 Å². The number of carbonyl (C=O) groups excluding carboxylic acids is 4. The standard InChI is InChI=1S/C20H22Cl2N2O5/c1-10-4-3-5-16(11(10)2)23-17(25)9-29-18(26)8-24-19(27)12-6-14(21)15(22)7-13(12)20(24)28/h6-7,10-11,16H,3-5,8-9H2,1-2H3,(H,23,25). The molecule has 9 heteroatoms. The molecule has 1 N–H and O–H groups in total. The minimum atomic E-state index is -0.850. The van der Waals surface area contributed by atoms with Crippen LogP contribution in [0.15, 0.2) is 12.1 Å². The highest BCUT2D eigenvalue weighted by molar-refractivity contribution is 6.43. The van der Waals surface area contributed by atoms with Crippen LogP contribution in [0.3, 0.4) is 0 Å². The summed E-state index contributed by atoms with van der Waals surface area (Å²) in [6.45, 7) is 3.20. The maximum Gasteiger partial charge on any atom is 0.326 e. The molecule has 0 spiro atoms. The Kier molecular flexibility index (Phi) is 6.49. The summed E-state index contributed by atoms with van der Waals surface area (Å²) in [4.78, 5) is 49.7. The molecule has 3 unspecified atom stereocenters. The van der Waals surface area contributed by atoms with Crippen LogP contribution in [0, 0.1) is 11.8 Å². The van der Waals surface area contributed by atoms with Gasteiger partial charge >= 0.3 is 5.97 Å². The summed E-state index contributed by atoms with van der Waals surface area (Å²) in [6.07, 6.45) is 3.08. The van der Waals surface area contributed by atoms with Crippen molar-refractivity contribution >= 4 is 46.9 Å². The normalized spacial score (nSPS) is 23.7. The fraction of sp³-hybridized carbons (Fsp3) is 0.500. The Balaban J connectivity index is 1.53. The molecule has 1 aliphatic heterocycles. The average Bonchev–Trinajstić information content (AvgIpc) is 2.89. The van der Waals surface area contributed by atoms with Gasteiger partial charge in [-0.3, -0.25) is 24.1 Å². The zero-order valence-electron chi connectivity index (χ0n) is 16.2. The molecular formula is C20H22Cl2N2O5. The van der Waals surface area contributed by atoms with E-state index in [1.165, 1.54) is 12.1 Å². The van der Waals surface area contributed by atoms with E-state index in [4.69, 9.17) is 27.9 Å². The molecule has 0 aromatic heterocycles. The van der Waals surface area contributed by atoms with E-state index in [1.807, 2.05) is 0 Å². The maximum atomic E-state index is 12.4. The number of esters is 1. The molecule has 3 rings (SSSR count). The SMILES string of the molecule is CC1CCCC(NC(=O)COC(=O)CN2C(=O)c3cc(Cl)c(Cl)cc3C2=O)C1C. The predicted octanol–water partition coefficient (Wildman–Crippen LogP) is 3.07. The summed E-state index contributed by atoms with van der Waals surface area (Å²) in [5, 5.41) is 3.18.